The molecule has 1 aromatic carbocycles. The highest BCUT2D eigenvalue weighted by molar-refractivity contribution is 7.12. The van der Waals surface area contributed by atoms with Gasteiger partial charge in [0, 0.05) is 16.9 Å². The lowest BCUT2D eigenvalue weighted by atomic mass is 10.1. The van der Waals surface area contributed by atoms with Crippen molar-refractivity contribution in [2.24, 2.45) is 5.90 Å². The maximum atomic E-state index is 5.42. The third kappa shape index (κ3) is 3.12. The molecule has 102 valence electrons. The van der Waals surface area contributed by atoms with Gasteiger partial charge in [-0.3, -0.25) is 0 Å². The molecule has 2 N–H and O–H groups in total. The quantitative estimate of drug-likeness (QED) is 0.854. The maximum absolute atomic E-state index is 5.42. The van der Waals surface area contributed by atoms with Crippen molar-refractivity contribution in [2.75, 3.05) is 13.7 Å². The van der Waals surface area contributed by atoms with Crippen LogP contribution in [0.4, 0.5) is 0 Å². The van der Waals surface area contributed by atoms with E-state index in [4.69, 9.17) is 10.6 Å². The monoisotopic (exact) mass is 278 g/mol. The molecular weight excluding hydrogens is 260 g/mol. The zero-order chi connectivity index (χ0) is 13.8. The zero-order valence-electron chi connectivity index (χ0n) is 11.4. The molecule has 0 amide bonds. The lowest BCUT2D eigenvalue weighted by Crippen LogP contribution is -2.03. The summed E-state index contributed by atoms with van der Waals surface area (Å²) in [7, 11) is 1.68. The number of hydrogen-bond acceptors (Lipinski definition) is 5. The Morgan fingerprint density at radius 1 is 1.32 bits per heavy atom. The number of rotatable bonds is 5. The molecule has 0 bridgehead atoms. The van der Waals surface area contributed by atoms with Gasteiger partial charge in [-0.15, -0.1) is 11.3 Å². The van der Waals surface area contributed by atoms with Crippen LogP contribution in [0.1, 0.15) is 15.4 Å². The molecule has 2 rings (SSSR count). The second-order valence-corrected chi connectivity index (χ2v) is 5.62. The summed E-state index contributed by atoms with van der Waals surface area (Å²) in [6.45, 7) is 4.62. The van der Waals surface area contributed by atoms with E-state index in [9.17, 15) is 0 Å². The van der Waals surface area contributed by atoms with E-state index in [0.29, 0.717) is 6.61 Å². The van der Waals surface area contributed by atoms with Crippen LogP contribution in [0.5, 0.6) is 5.75 Å². The summed E-state index contributed by atoms with van der Waals surface area (Å²) in [5, 5.41) is 1.03. The standard InChI is InChI=1S/C14H18N2O2S/c1-9-4-5-12(17-3)11(8-9)14-10(2)19-13(16-14)6-7-18-15/h4-5,8H,6-7,15H2,1-3H3. The van der Waals surface area contributed by atoms with Crippen molar-refractivity contribution in [2.45, 2.75) is 20.3 Å². The van der Waals surface area contributed by atoms with Crippen LogP contribution in [0, 0.1) is 13.8 Å². The minimum atomic E-state index is 0.483. The largest absolute Gasteiger partial charge is 0.496 e. The summed E-state index contributed by atoms with van der Waals surface area (Å²) in [5.74, 6) is 5.90. The topological polar surface area (TPSA) is 57.4 Å². The number of aryl methyl sites for hydroxylation is 2. The SMILES string of the molecule is COc1ccc(C)cc1-c1nc(CCON)sc1C. The number of methoxy groups -OCH3 is 1. The fourth-order valence-corrected chi connectivity index (χ4v) is 2.89. The highest BCUT2D eigenvalue weighted by Gasteiger charge is 2.14. The molecule has 19 heavy (non-hydrogen) atoms. The molecule has 0 saturated carbocycles. The average molecular weight is 278 g/mol. The molecule has 1 heterocycles. The first-order valence-corrected chi connectivity index (χ1v) is 6.90. The molecule has 0 fully saturated rings. The fourth-order valence-electron chi connectivity index (χ4n) is 1.96. The van der Waals surface area contributed by atoms with Crippen LogP contribution in [-0.2, 0) is 11.3 Å². The predicted molar refractivity (Wildman–Crippen MR) is 77.4 cm³/mol. The molecule has 2 aromatic rings. The number of thiazole rings is 1. The Morgan fingerprint density at radius 2 is 2.11 bits per heavy atom. The average Bonchev–Trinajstić information content (AvgIpc) is 2.77. The molecule has 0 aliphatic rings. The predicted octanol–water partition coefficient (Wildman–Crippen LogP) is 2.87. The van der Waals surface area contributed by atoms with Crippen molar-refractivity contribution >= 4 is 11.3 Å². The zero-order valence-corrected chi connectivity index (χ0v) is 12.2. The Bertz CT molecular complexity index is 567. The van der Waals surface area contributed by atoms with E-state index in [2.05, 4.69) is 29.7 Å². The van der Waals surface area contributed by atoms with Gasteiger partial charge < -0.3 is 9.57 Å². The highest BCUT2D eigenvalue weighted by atomic mass is 32.1. The first kappa shape index (κ1) is 14.0. The lowest BCUT2D eigenvalue weighted by molar-refractivity contribution is 0.141. The van der Waals surface area contributed by atoms with E-state index in [1.807, 2.05) is 12.1 Å². The Hall–Kier alpha value is -1.43. The van der Waals surface area contributed by atoms with Gasteiger partial charge in [0.25, 0.3) is 0 Å². The second-order valence-electron chi connectivity index (χ2n) is 4.34. The Balaban J connectivity index is 2.40. The van der Waals surface area contributed by atoms with Gasteiger partial charge in [-0.05, 0) is 26.0 Å². The third-order valence-corrected chi connectivity index (χ3v) is 3.92. The molecule has 4 nitrogen and oxygen atoms in total. The number of benzene rings is 1. The smallest absolute Gasteiger partial charge is 0.128 e. The molecule has 0 atom stereocenters. The van der Waals surface area contributed by atoms with Gasteiger partial charge in [-0.2, -0.15) is 0 Å². The van der Waals surface area contributed by atoms with Crippen molar-refractivity contribution < 1.29 is 9.57 Å². The molecule has 1 aromatic heterocycles. The van der Waals surface area contributed by atoms with E-state index in [1.54, 1.807) is 18.4 Å². The summed E-state index contributed by atoms with van der Waals surface area (Å²) < 4.78 is 5.42. The van der Waals surface area contributed by atoms with E-state index in [0.717, 1.165) is 28.4 Å². The van der Waals surface area contributed by atoms with Crippen LogP contribution in [0.15, 0.2) is 18.2 Å². The summed E-state index contributed by atoms with van der Waals surface area (Å²) in [4.78, 5) is 10.5. The normalized spacial score (nSPS) is 10.7. The van der Waals surface area contributed by atoms with Crippen LogP contribution in [0.25, 0.3) is 11.3 Å². The molecule has 0 aliphatic carbocycles. The first-order valence-electron chi connectivity index (χ1n) is 6.08. The van der Waals surface area contributed by atoms with Gasteiger partial charge in [0.1, 0.15) is 5.75 Å². The third-order valence-electron chi connectivity index (χ3n) is 2.88. The second kappa shape index (κ2) is 6.14. The molecule has 0 radical (unpaired) electrons. The van der Waals surface area contributed by atoms with Crippen molar-refractivity contribution in [3.05, 3.63) is 33.6 Å². The van der Waals surface area contributed by atoms with Gasteiger partial charge in [0.2, 0.25) is 0 Å². The highest BCUT2D eigenvalue weighted by Crippen LogP contribution is 2.34. The van der Waals surface area contributed by atoms with Crippen molar-refractivity contribution in [1.29, 1.82) is 0 Å². The van der Waals surface area contributed by atoms with E-state index < -0.39 is 0 Å². The fraction of sp³-hybridized carbons (Fsp3) is 0.357. The van der Waals surface area contributed by atoms with E-state index >= 15 is 0 Å². The summed E-state index contributed by atoms with van der Waals surface area (Å²) in [6.07, 6.45) is 0.732. The van der Waals surface area contributed by atoms with Gasteiger partial charge >= 0.3 is 0 Å². The van der Waals surface area contributed by atoms with Gasteiger partial charge in [-0.25, -0.2) is 10.9 Å². The number of nitrogens with zero attached hydrogens (tertiary/aromatic N) is 1. The maximum Gasteiger partial charge on any atom is 0.128 e. The van der Waals surface area contributed by atoms with E-state index in [1.165, 1.54) is 10.4 Å². The van der Waals surface area contributed by atoms with Gasteiger partial charge in [0.05, 0.1) is 24.4 Å². The number of nitrogens with two attached hydrogens (primary N) is 1. The molecule has 0 unspecified atom stereocenters. The molecule has 0 aliphatic heterocycles. The molecular formula is C14H18N2O2S. The van der Waals surface area contributed by atoms with Crippen LogP contribution in [-0.4, -0.2) is 18.7 Å². The van der Waals surface area contributed by atoms with Crippen LogP contribution >= 0.6 is 11.3 Å². The Labute approximate surface area is 117 Å². The number of hydrogen-bond donors (Lipinski definition) is 1. The van der Waals surface area contributed by atoms with Gasteiger partial charge in [-0.1, -0.05) is 11.6 Å². The minimum absolute atomic E-state index is 0.483. The minimum Gasteiger partial charge on any atom is -0.496 e. The Morgan fingerprint density at radius 3 is 2.79 bits per heavy atom. The lowest BCUT2D eigenvalue weighted by Gasteiger charge is -2.08. The van der Waals surface area contributed by atoms with Gasteiger partial charge in [0.15, 0.2) is 0 Å². The van der Waals surface area contributed by atoms with Crippen LogP contribution < -0.4 is 10.6 Å². The Kier molecular flexibility index (Phi) is 4.52. The molecule has 0 spiro atoms. The molecule has 5 heteroatoms. The summed E-state index contributed by atoms with van der Waals surface area (Å²) in [5.41, 5.74) is 3.21. The molecule has 0 saturated heterocycles. The number of ether oxygens (including phenoxy) is 1. The van der Waals surface area contributed by atoms with E-state index in [-0.39, 0.29) is 0 Å². The number of aromatic nitrogens is 1. The first-order chi connectivity index (χ1) is 9.15. The van der Waals surface area contributed by atoms with Crippen molar-refractivity contribution in [1.82, 2.24) is 4.98 Å². The summed E-state index contributed by atoms with van der Waals surface area (Å²) in [6, 6.07) is 6.11. The van der Waals surface area contributed by atoms with Crippen LogP contribution in [0.2, 0.25) is 0 Å². The van der Waals surface area contributed by atoms with Crippen molar-refractivity contribution in [3.63, 3.8) is 0 Å². The van der Waals surface area contributed by atoms with Crippen molar-refractivity contribution in [3.8, 4) is 17.0 Å². The summed E-state index contributed by atoms with van der Waals surface area (Å²) >= 11 is 1.67. The van der Waals surface area contributed by atoms with Crippen LogP contribution in [0.3, 0.4) is 0 Å².